The highest BCUT2D eigenvalue weighted by molar-refractivity contribution is 5.76. The number of ether oxygens (including phenoxy) is 2. The maximum Gasteiger partial charge on any atom is 0.305 e. The van der Waals surface area contributed by atoms with Crippen LogP contribution in [0.1, 0.15) is 48.0 Å². The number of aromatic nitrogens is 2. The lowest BCUT2D eigenvalue weighted by Crippen LogP contribution is -2.25. The van der Waals surface area contributed by atoms with Crippen molar-refractivity contribution in [1.82, 2.24) is 9.97 Å². The molecule has 1 aliphatic rings. The largest absolute Gasteiger partial charge is 0.474 e. The van der Waals surface area contributed by atoms with E-state index in [1.807, 2.05) is 25.1 Å². The van der Waals surface area contributed by atoms with Crippen molar-refractivity contribution in [3.63, 3.8) is 0 Å². The van der Waals surface area contributed by atoms with Crippen molar-refractivity contribution in [3.8, 4) is 17.1 Å². The van der Waals surface area contributed by atoms with Crippen molar-refractivity contribution in [3.05, 3.63) is 41.7 Å². The lowest BCUT2D eigenvalue weighted by atomic mass is 9.85. The highest BCUT2D eigenvalue weighted by Gasteiger charge is 2.24. The molecule has 142 valence electrons. The maximum absolute atomic E-state index is 11.4. The molecule has 2 heterocycles. The van der Waals surface area contributed by atoms with E-state index in [1.54, 1.807) is 12.4 Å². The Morgan fingerprint density at radius 3 is 2.56 bits per heavy atom. The van der Waals surface area contributed by atoms with Gasteiger partial charge in [0.1, 0.15) is 6.10 Å². The summed E-state index contributed by atoms with van der Waals surface area (Å²) in [7, 11) is 1.43. The number of rotatable bonds is 6. The molecule has 0 bridgehead atoms. The fraction of sp³-hybridized carbons (Fsp3) is 0.429. The first kappa shape index (κ1) is 19.0. The summed E-state index contributed by atoms with van der Waals surface area (Å²) in [4.78, 5) is 31.0. The van der Waals surface area contributed by atoms with E-state index >= 15 is 0 Å². The molecule has 3 rings (SSSR count). The van der Waals surface area contributed by atoms with Gasteiger partial charge < -0.3 is 9.47 Å². The molecule has 0 atom stereocenters. The van der Waals surface area contributed by atoms with Crippen LogP contribution in [-0.4, -0.2) is 35.4 Å². The average molecular weight is 368 g/mol. The standard InChI is InChI=1S/C21H24N2O4/c1-14-9-16(13-24)11-23-21(14)17-5-8-19(22-12-17)27-18-6-3-15(4-7-18)10-20(25)26-2/h5,8-9,11-13,15,18H,3-4,6-7,10H2,1-2H3. The molecule has 0 aromatic carbocycles. The van der Waals surface area contributed by atoms with Crippen LogP contribution < -0.4 is 4.74 Å². The lowest BCUT2D eigenvalue weighted by Gasteiger charge is -2.28. The van der Waals surface area contributed by atoms with Gasteiger partial charge in [-0.3, -0.25) is 14.6 Å². The van der Waals surface area contributed by atoms with E-state index in [2.05, 4.69) is 9.97 Å². The Morgan fingerprint density at radius 1 is 1.19 bits per heavy atom. The predicted octanol–water partition coefficient (Wildman–Crippen LogP) is 3.77. The second-order valence-electron chi connectivity index (χ2n) is 6.98. The quantitative estimate of drug-likeness (QED) is 0.570. The van der Waals surface area contributed by atoms with Crippen molar-refractivity contribution >= 4 is 12.3 Å². The summed E-state index contributed by atoms with van der Waals surface area (Å²) in [6.07, 6.45) is 8.47. The smallest absolute Gasteiger partial charge is 0.305 e. The molecular formula is C21H24N2O4. The molecule has 0 aliphatic heterocycles. The molecule has 0 unspecified atom stereocenters. The molecule has 2 aromatic rings. The number of aryl methyl sites for hydroxylation is 1. The third kappa shape index (κ3) is 4.90. The summed E-state index contributed by atoms with van der Waals surface area (Å²) < 4.78 is 10.7. The first-order valence-corrected chi connectivity index (χ1v) is 9.20. The van der Waals surface area contributed by atoms with Crippen LogP contribution in [-0.2, 0) is 9.53 Å². The molecule has 0 saturated heterocycles. The third-order valence-corrected chi connectivity index (χ3v) is 5.01. The van der Waals surface area contributed by atoms with E-state index in [1.165, 1.54) is 7.11 Å². The third-order valence-electron chi connectivity index (χ3n) is 5.01. The average Bonchev–Trinajstić information content (AvgIpc) is 2.70. The van der Waals surface area contributed by atoms with Crippen LogP contribution in [0.4, 0.5) is 0 Å². The Balaban J connectivity index is 1.57. The SMILES string of the molecule is COC(=O)CC1CCC(Oc2ccc(-c3ncc(C=O)cc3C)cn2)CC1. The van der Waals surface area contributed by atoms with Crippen LogP contribution in [0.15, 0.2) is 30.6 Å². The fourth-order valence-corrected chi connectivity index (χ4v) is 3.50. The number of hydrogen-bond acceptors (Lipinski definition) is 6. The Hall–Kier alpha value is -2.76. The van der Waals surface area contributed by atoms with Gasteiger partial charge in [0.15, 0.2) is 6.29 Å². The molecule has 0 amide bonds. The number of carbonyl (C=O) groups excluding carboxylic acids is 2. The van der Waals surface area contributed by atoms with Crippen LogP contribution in [0, 0.1) is 12.8 Å². The van der Waals surface area contributed by atoms with Crippen LogP contribution in [0.2, 0.25) is 0 Å². The summed E-state index contributed by atoms with van der Waals surface area (Å²) in [5.74, 6) is 0.843. The zero-order chi connectivity index (χ0) is 19.2. The fourth-order valence-electron chi connectivity index (χ4n) is 3.50. The molecule has 6 heteroatoms. The Kier molecular flexibility index (Phi) is 6.16. The predicted molar refractivity (Wildman–Crippen MR) is 101 cm³/mol. The van der Waals surface area contributed by atoms with Crippen LogP contribution in [0.3, 0.4) is 0 Å². The lowest BCUT2D eigenvalue weighted by molar-refractivity contribution is -0.142. The normalized spacial score (nSPS) is 19.3. The summed E-state index contributed by atoms with van der Waals surface area (Å²) in [5.41, 5.74) is 3.19. The molecule has 6 nitrogen and oxygen atoms in total. The van der Waals surface area contributed by atoms with E-state index in [9.17, 15) is 9.59 Å². The zero-order valence-corrected chi connectivity index (χ0v) is 15.7. The van der Waals surface area contributed by atoms with Crippen molar-refractivity contribution < 1.29 is 19.1 Å². The number of methoxy groups -OCH3 is 1. The molecule has 1 saturated carbocycles. The Bertz CT molecular complexity index is 796. The van der Waals surface area contributed by atoms with Crippen LogP contribution >= 0.6 is 0 Å². The monoisotopic (exact) mass is 368 g/mol. The summed E-state index contributed by atoms with van der Waals surface area (Å²) in [6.45, 7) is 1.92. The minimum Gasteiger partial charge on any atom is -0.474 e. The van der Waals surface area contributed by atoms with Gasteiger partial charge in [-0.25, -0.2) is 4.98 Å². The van der Waals surface area contributed by atoms with E-state index in [0.29, 0.717) is 23.8 Å². The van der Waals surface area contributed by atoms with Crippen LogP contribution in [0.25, 0.3) is 11.3 Å². The Morgan fingerprint density at radius 2 is 1.96 bits per heavy atom. The summed E-state index contributed by atoms with van der Waals surface area (Å²) >= 11 is 0. The van der Waals surface area contributed by atoms with Gasteiger partial charge in [0.25, 0.3) is 0 Å². The van der Waals surface area contributed by atoms with E-state index in [-0.39, 0.29) is 12.1 Å². The molecule has 0 spiro atoms. The second-order valence-corrected chi connectivity index (χ2v) is 6.98. The second kappa shape index (κ2) is 8.75. The summed E-state index contributed by atoms with van der Waals surface area (Å²) in [6, 6.07) is 5.60. The highest BCUT2D eigenvalue weighted by Crippen LogP contribution is 2.30. The van der Waals surface area contributed by atoms with Gasteiger partial charge in [0.05, 0.1) is 12.8 Å². The topological polar surface area (TPSA) is 78.4 Å². The number of pyridine rings is 2. The number of esters is 1. The van der Waals surface area contributed by atoms with Gasteiger partial charge in [0.2, 0.25) is 5.88 Å². The van der Waals surface area contributed by atoms with Gasteiger partial charge in [-0.2, -0.15) is 0 Å². The first-order valence-electron chi connectivity index (χ1n) is 9.20. The van der Waals surface area contributed by atoms with Crippen molar-refractivity contribution in [2.24, 2.45) is 5.92 Å². The van der Waals surface area contributed by atoms with Gasteiger partial charge in [-0.05, 0) is 56.2 Å². The molecule has 0 radical (unpaired) electrons. The van der Waals surface area contributed by atoms with Gasteiger partial charge in [0, 0.05) is 36.0 Å². The van der Waals surface area contributed by atoms with Gasteiger partial charge >= 0.3 is 5.97 Å². The minimum absolute atomic E-state index is 0.129. The van der Waals surface area contributed by atoms with Crippen LogP contribution in [0.5, 0.6) is 5.88 Å². The maximum atomic E-state index is 11.4. The first-order chi connectivity index (χ1) is 13.1. The molecule has 1 fully saturated rings. The zero-order valence-electron chi connectivity index (χ0n) is 15.7. The highest BCUT2D eigenvalue weighted by atomic mass is 16.5. The molecule has 2 aromatic heterocycles. The number of nitrogens with zero attached hydrogens (tertiary/aromatic N) is 2. The van der Waals surface area contributed by atoms with Gasteiger partial charge in [-0.1, -0.05) is 0 Å². The molecular weight excluding hydrogens is 344 g/mol. The van der Waals surface area contributed by atoms with Crippen molar-refractivity contribution in [2.75, 3.05) is 7.11 Å². The molecule has 27 heavy (non-hydrogen) atoms. The van der Waals surface area contributed by atoms with Gasteiger partial charge in [-0.15, -0.1) is 0 Å². The number of hydrogen-bond donors (Lipinski definition) is 0. The van der Waals surface area contributed by atoms with E-state index < -0.39 is 0 Å². The Labute approximate surface area is 158 Å². The van der Waals surface area contributed by atoms with E-state index in [4.69, 9.17) is 9.47 Å². The van der Waals surface area contributed by atoms with Crippen molar-refractivity contribution in [2.45, 2.75) is 45.1 Å². The number of aldehydes is 1. The number of carbonyl (C=O) groups is 2. The molecule has 0 N–H and O–H groups in total. The molecule has 1 aliphatic carbocycles. The summed E-state index contributed by atoms with van der Waals surface area (Å²) in [5, 5.41) is 0. The minimum atomic E-state index is -0.137. The van der Waals surface area contributed by atoms with E-state index in [0.717, 1.165) is 48.8 Å². The van der Waals surface area contributed by atoms with Crippen molar-refractivity contribution in [1.29, 1.82) is 0 Å².